The van der Waals surface area contributed by atoms with Crippen molar-refractivity contribution in [3.63, 3.8) is 0 Å². The Hall–Kier alpha value is -3.35. The quantitative estimate of drug-likeness (QED) is 0.569. The van der Waals surface area contributed by atoms with Gasteiger partial charge in [-0.3, -0.25) is 15.4 Å². The van der Waals surface area contributed by atoms with Gasteiger partial charge in [-0.2, -0.15) is 0 Å². The van der Waals surface area contributed by atoms with E-state index >= 15 is 0 Å². The number of nitrogens with one attached hydrogen (secondary N) is 2. The largest absolute Gasteiger partial charge is 0.417 e. The number of anilines is 1. The first kappa shape index (κ1) is 13.6. The number of carbonyl (C=O) groups is 1. The van der Waals surface area contributed by atoms with Crippen molar-refractivity contribution in [2.24, 2.45) is 0 Å². The van der Waals surface area contributed by atoms with Crippen LogP contribution in [0.3, 0.4) is 0 Å². The molecule has 0 aliphatic heterocycles. The molecular weight excluding hydrogens is 286 g/mol. The molecule has 3 aromatic rings. The number of hydrogen-bond acceptors (Lipinski definition) is 4. The summed E-state index contributed by atoms with van der Waals surface area (Å²) >= 11 is 0. The molecule has 2 N–H and O–H groups in total. The zero-order valence-corrected chi connectivity index (χ0v) is 11.3. The highest BCUT2D eigenvalue weighted by Gasteiger charge is 2.08. The number of aromatic nitrogens is 1. The van der Waals surface area contributed by atoms with Gasteiger partial charge in [-0.25, -0.2) is 4.79 Å². The van der Waals surface area contributed by atoms with E-state index in [0.29, 0.717) is 5.69 Å². The Labute approximate surface area is 124 Å². The molecule has 7 heteroatoms. The number of amides is 1. The van der Waals surface area contributed by atoms with Gasteiger partial charge in [-0.05, 0) is 36.4 Å². The lowest BCUT2D eigenvalue weighted by atomic mass is 10.2. The molecule has 1 heterocycles. The summed E-state index contributed by atoms with van der Waals surface area (Å²) in [5.41, 5.74) is 1.50. The van der Waals surface area contributed by atoms with E-state index < -0.39 is 11.0 Å². The van der Waals surface area contributed by atoms with Crippen LogP contribution in [0.1, 0.15) is 0 Å². The van der Waals surface area contributed by atoms with E-state index in [1.54, 1.807) is 6.07 Å². The predicted octanol–water partition coefficient (Wildman–Crippen LogP) is 3.69. The Balaban J connectivity index is 1.67. The van der Waals surface area contributed by atoms with Gasteiger partial charge in [0.2, 0.25) is 0 Å². The molecule has 7 nitrogen and oxygen atoms in total. The van der Waals surface area contributed by atoms with Gasteiger partial charge >= 0.3 is 6.09 Å². The molecule has 0 radical (unpaired) electrons. The van der Waals surface area contributed by atoms with Crippen molar-refractivity contribution in [1.29, 1.82) is 0 Å². The van der Waals surface area contributed by atoms with Crippen molar-refractivity contribution >= 4 is 28.4 Å². The Morgan fingerprint density at radius 2 is 1.91 bits per heavy atom. The van der Waals surface area contributed by atoms with E-state index in [9.17, 15) is 14.9 Å². The number of hydrogen-bond donors (Lipinski definition) is 2. The van der Waals surface area contributed by atoms with Gasteiger partial charge < -0.3 is 9.72 Å². The van der Waals surface area contributed by atoms with Gasteiger partial charge in [-0.1, -0.05) is 0 Å². The molecule has 0 aliphatic carbocycles. The highest BCUT2D eigenvalue weighted by Crippen LogP contribution is 2.20. The van der Waals surface area contributed by atoms with Crippen LogP contribution in [0.2, 0.25) is 0 Å². The van der Waals surface area contributed by atoms with Crippen molar-refractivity contribution in [2.45, 2.75) is 0 Å². The SMILES string of the molecule is O=C(Nc1ccc2[nH]ccc2c1)Oc1ccc([N+](=O)[O-])cc1. The monoisotopic (exact) mass is 297 g/mol. The van der Waals surface area contributed by atoms with Gasteiger partial charge in [0.05, 0.1) is 4.92 Å². The molecule has 0 spiro atoms. The minimum absolute atomic E-state index is 0.0642. The summed E-state index contributed by atoms with van der Waals surface area (Å²) < 4.78 is 5.07. The first-order chi connectivity index (χ1) is 10.6. The Bertz CT molecular complexity index is 839. The summed E-state index contributed by atoms with van der Waals surface area (Å²) in [7, 11) is 0. The second-order valence-corrected chi connectivity index (χ2v) is 4.55. The highest BCUT2D eigenvalue weighted by atomic mass is 16.6. The summed E-state index contributed by atoms with van der Waals surface area (Å²) in [6, 6.07) is 12.6. The van der Waals surface area contributed by atoms with Crippen molar-refractivity contribution in [1.82, 2.24) is 4.98 Å². The van der Waals surface area contributed by atoms with Crippen LogP contribution in [0.25, 0.3) is 10.9 Å². The molecule has 0 saturated heterocycles. The molecular formula is C15H11N3O4. The molecule has 110 valence electrons. The number of benzene rings is 2. The smallest absolute Gasteiger partial charge is 0.410 e. The van der Waals surface area contributed by atoms with Gasteiger partial charge in [0.1, 0.15) is 5.75 Å². The fourth-order valence-corrected chi connectivity index (χ4v) is 2.02. The van der Waals surface area contributed by atoms with E-state index in [2.05, 4.69) is 10.3 Å². The number of nitrogens with zero attached hydrogens (tertiary/aromatic N) is 1. The third-order valence-corrected chi connectivity index (χ3v) is 3.06. The average Bonchev–Trinajstić information content (AvgIpc) is 2.95. The normalized spacial score (nSPS) is 10.4. The molecule has 2 aromatic carbocycles. The van der Waals surface area contributed by atoms with Crippen LogP contribution >= 0.6 is 0 Å². The molecule has 0 fully saturated rings. The van der Waals surface area contributed by atoms with Gasteiger partial charge in [0, 0.05) is 34.9 Å². The first-order valence-electron chi connectivity index (χ1n) is 6.42. The lowest BCUT2D eigenvalue weighted by molar-refractivity contribution is -0.384. The van der Waals surface area contributed by atoms with E-state index in [1.165, 1.54) is 24.3 Å². The van der Waals surface area contributed by atoms with E-state index in [0.717, 1.165) is 10.9 Å². The van der Waals surface area contributed by atoms with Crippen LogP contribution in [0, 0.1) is 10.1 Å². The average molecular weight is 297 g/mol. The maximum atomic E-state index is 11.8. The number of ether oxygens (including phenoxy) is 1. The number of aromatic amines is 1. The lowest BCUT2D eigenvalue weighted by Gasteiger charge is -2.06. The Kier molecular flexibility index (Phi) is 3.45. The molecule has 1 amide bonds. The summed E-state index contributed by atoms with van der Waals surface area (Å²) in [6.07, 6.45) is 1.15. The number of fused-ring (bicyclic) bond motifs is 1. The summed E-state index contributed by atoms with van der Waals surface area (Å²) in [6.45, 7) is 0. The topological polar surface area (TPSA) is 97.3 Å². The minimum Gasteiger partial charge on any atom is -0.410 e. The molecule has 3 rings (SSSR count). The molecule has 0 saturated carbocycles. The number of H-pyrrole nitrogens is 1. The van der Waals surface area contributed by atoms with Crippen LogP contribution in [-0.4, -0.2) is 16.0 Å². The Morgan fingerprint density at radius 3 is 2.64 bits per heavy atom. The molecule has 0 atom stereocenters. The summed E-state index contributed by atoms with van der Waals surface area (Å²) in [5.74, 6) is 0.228. The van der Waals surface area contributed by atoms with Gasteiger partial charge in [0.15, 0.2) is 0 Å². The summed E-state index contributed by atoms with van der Waals surface area (Å²) in [5, 5.41) is 14.1. The maximum absolute atomic E-state index is 11.8. The molecule has 0 bridgehead atoms. The number of carbonyl (C=O) groups excluding carboxylic acids is 1. The Morgan fingerprint density at radius 1 is 1.14 bits per heavy atom. The van der Waals surface area contributed by atoms with Crippen LogP contribution in [0.5, 0.6) is 5.75 Å². The van der Waals surface area contributed by atoms with Crippen LogP contribution < -0.4 is 10.1 Å². The zero-order valence-electron chi connectivity index (χ0n) is 11.3. The molecule has 0 unspecified atom stereocenters. The van der Waals surface area contributed by atoms with Crippen LogP contribution in [0.15, 0.2) is 54.7 Å². The van der Waals surface area contributed by atoms with E-state index in [4.69, 9.17) is 4.74 Å². The lowest BCUT2D eigenvalue weighted by Crippen LogP contribution is -2.16. The van der Waals surface area contributed by atoms with Gasteiger partial charge in [-0.15, -0.1) is 0 Å². The fraction of sp³-hybridized carbons (Fsp3) is 0. The van der Waals surface area contributed by atoms with E-state index in [1.807, 2.05) is 24.4 Å². The second-order valence-electron chi connectivity index (χ2n) is 4.55. The number of non-ortho nitro benzene ring substituents is 1. The second kappa shape index (κ2) is 5.57. The number of rotatable bonds is 3. The highest BCUT2D eigenvalue weighted by molar-refractivity contribution is 5.90. The standard InChI is InChI=1S/C15H11N3O4/c19-15(22-13-4-2-12(3-5-13)18(20)21)17-11-1-6-14-10(9-11)7-8-16-14/h1-9,16H,(H,17,19). The summed E-state index contributed by atoms with van der Waals surface area (Å²) in [4.78, 5) is 24.9. The number of nitro benzene ring substituents is 1. The third kappa shape index (κ3) is 2.88. The zero-order chi connectivity index (χ0) is 15.5. The van der Waals surface area contributed by atoms with Crippen molar-refractivity contribution in [2.75, 3.05) is 5.32 Å². The molecule has 22 heavy (non-hydrogen) atoms. The fourth-order valence-electron chi connectivity index (χ4n) is 2.02. The first-order valence-corrected chi connectivity index (χ1v) is 6.42. The molecule has 0 aliphatic rings. The van der Waals surface area contributed by atoms with Crippen molar-refractivity contribution in [3.05, 3.63) is 64.8 Å². The van der Waals surface area contributed by atoms with E-state index in [-0.39, 0.29) is 11.4 Å². The van der Waals surface area contributed by atoms with Gasteiger partial charge in [0.25, 0.3) is 5.69 Å². The van der Waals surface area contributed by atoms with Crippen molar-refractivity contribution < 1.29 is 14.5 Å². The minimum atomic E-state index is -0.663. The van der Waals surface area contributed by atoms with Crippen LogP contribution in [0.4, 0.5) is 16.2 Å². The number of nitro groups is 1. The van der Waals surface area contributed by atoms with Crippen LogP contribution in [-0.2, 0) is 0 Å². The van der Waals surface area contributed by atoms with Crippen molar-refractivity contribution in [3.8, 4) is 5.75 Å². The maximum Gasteiger partial charge on any atom is 0.417 e. The third-order valence-electron chi connectivity index (χ3n) is 3.06. The molecule has 1 aromatic heterocycles. The predicted molar refractivity (Wildman–Crippen MR) is 81.0 cm³/mol.